The van der Waals surface area contributed by atoms with Gasteiger partial charge < -0.3 is 14.4 Å². The Bertz CT molecular complexity index is 502. The van der Waals surface area contributed by atoms with Gasteiger partial charge in [-0.15, -0.1) is 0 Å². The van der Waals surface area contributed by atoms with Crippen LogP contribution in [0.2, 0.25) is 0 Å². The number of ether oxygens (including phenoxy) is 2. The van der Waals surface area contributed by atoms with Crippen LogP contribution in [0.4, 0.5) is 4.79 Å². The lowest BCUT2D eigenvalue weighted by molar-refractivity contribution is 0.0177. The lowest BCUT2D eigenvalue weighted by Crippen LogP contribution is -2.41. The summed E-state index contributed by atoms with van der Waals surface area (Å²) in [5, 5.41) is 0. The first kappa shape index (κ1) is 18.1. The van der Waals surface area contributed by atoms with Crippen molar-refractivity contribution in [2.45, 2.75) is 45.6 Å². The molecule has 0 unspecified atom stereocenters. The number of amides is 1. The number of rotatable bonds is 4. The van der Waals surface area contributed by atoms with Crippen LogP contribution in [-0.2, 0) is 4.74 Å². The normalized spacial score (nSPS) is 16.3. The molecule has 1 fully saturated rings. The van der Waals surface area contributed by atoms with Gasteiger partial charge in [0, 0.05) is 17.6 Å². The molecule has 0 spiro atoms. The second-order valence-corrected chi connectivity index (χ2v) is 7.92. The summed E-state index contributed by atoms with van der Waals surface area (Å²) in [5.74, 6) is 1.52. The molecule has 1 heterocycles. The number of benzene rings is 1. The van der Waals surface area contributed by atoms with Gasteiger partial charge in [-0.05, 0) is 70.2 Å². The van der Waals surface area contributed by atoms with Gasteiger partial charge in [0.15, 0.2) is 0 Å². The maximum atomic E-state index is 12.0. The minimum atomic E-state index is -0.424. The highest BCUT2D eigenvalue weighted by molar-refractivity contribution is 9.10. The van der Waals surface area contributed by atoms with E-state index >= 15 is 0 Å². The second kappa shape index (κ2) is 8.04. The standard InChI is InChI=1S/C18H26BrNO3/c1-18(2,3)23-17(21)20-11-8-14(9-12-20)10-13-22-16-6-4-15(19)5-7-16/h4-7,14H,8-13H2,1-3H3. The highest BCUT2D eigenvalue weighted by Crippen LogP contribution is 2.23. The van der Waals surface area contributed by atoms with E-state index in [4.69, 9.17) is 9.47 Å². The van der Waals surface area contributed by atoms with Crippen LogP contribution in [0.3, 0.4) is 0 Å². The number of likely N-dealkylation sites (tertiary alicyclic amines) is 1. The molecular weight excluding hydrogens is 358 g/mol. The zero-order valence-electron chi connectivity index (χ0n) is 14.2. The summed E-state index contributed by atoms with van der Waals surface area (Å²) in [5.41, 5.74) is -0.424. The molecule has 0 radical (unpaired) electrons. The number of piperidine rings is 1. The van der Waals surface area contributed by atoms with Gasteiger partial charge in [-0.3, -0.25) is 0 Å². The summed E-state index contributed by atoms with van der Waals surface area (Å²) in [6, 6.07) is 7.90. The molecule has 0 saturated carbocycles. The molecule has 0 bridgehead atoms. The monoisotopic (exact) mass is 383 g/mol. The molecule has 4 nitrogen and oxygen atoms in total. The topological polar surface area (TPSA) is 38.8 Å². The zero-order chi connectivity index (χ0) is 16.9. The Kier molecular flexibility index (Phi) is 6.33. The van der Waals surface area contributed by atoms with E-state index in [9.17, 15) is 4.79 Å². The molecular formula is C18H26BrNO3. The Morgan fingerprint density at radius 2 is 1.83 bits per heavy atom. The average Bonchev–Trinajstić information content (AvgIpc) is 2.48. The lowest BCUT2D eigenvalue weighted by atomic mass is 9.94. The van der Waals surface area contributed by atoms with Crippen LogP contribution in [0.15, 0.2) is 28.7 Å². The molecule has 0 aliphatic carbocycles. The quantitative estimate of drug-likeness (QED) is 0.744. The molecule has 1 aliphatic rings. The fraction of sp³-hybridized carbons (Fsp3) is 0.611. The van der Waals surface area contributed by atoms with Gasteiger partial charge in [0.2, 0.25) is 0 Å². The number of carbonyl (C=O) groups is 1. The molecule has 1 amide bonds. The minimum absolute atomic E-state index is 0.193. The summed E-state index contributed by atoms with van der Waals surface area (Å²) >= 11 is 3.41. The SMILES string of the molecule is CC(C)(C)OC(=O)N1CCC(CCOc2ccc(Br)cc2)CC1. The minimum Gasteiger partial charge on any atom is -0.494 e. The first-order valence-corrected chi connectivity index (χ1v) is 8.99. The average molecular weight is 384 g/mol. The van der Waals surface area contributed by atoms with Gasteiger partial charge in [-0.25, -0.2) is 4.79 Å². The van der Waals surface area contributed by atoms with Crippen LogP contribution in [0.25, 0.3) is 0 Å². The molecule has 0 N–H and O–H groups in total. The van der Waals surface area contributed by atoms with Crippen LogP contribution in [0.1, 0.15) is 40.0 Å². The molecule has 128 valence electrons. The van der Waals surface area contributed by atoms with Gasteiger partial charge in [0.05, 0.1) is 6.61 Å². The van der Waals surface area contributed by atoms with Gasteiger partial charge in [0.1, 0.15) is 11.4 Å². The van der Waals surface area contributed by atoms with Gasteiger partial charge in [-0.1, -0.05) is 15.9 Å². The van der Waals surface area contributed by atoms with E-state index in [2.05, 4.69) is 15.9 Å². The molecule has 2 rings (SSSR count). The predicted molar refractivity (Wildman–Crippen MR) is 94.8 cm³/mol. The summed E-state index contributed by atoms with van der Waals surface area (Å²) in [6.07, 6.45) is 2.87. The molecule has 0 atom stereocenters. The third-order valence-electron chi connectivity index (χ3n) is 3.87. The lowest BCUT2D eigenvalue weighted by Gasteiger charge is -2.33. The Morgan fingerprint density at radius 1 is 1.22 bits per heavy atom. The summed E-state index contributed by atoms with van der Waals surface area (Å²) < 4.78 is 12.3. The van der Waals surface area contributed by atoms with Crippen molar-refractivity contribution < 1.29 is 14.3 Å². The zero-order valence-corrected chi connectivity index (χ0v) is 15.8. The van der Waals surface area contributed by atoms with Crippen molar-refractivity contribution in [1.82, 2.24) is 4.90 Å². The summed E-state index contributed by atoms with van der Waals surface area (Å²) in [4.78, 5) is 13.8. The van der Waals surface area contributed by atoms with E-state index in [0.29, 0.717) is 5.92 Å². The Labute approximate surface area is 147 Å². The van der Waals surface area contributed by atoms with E-state index in [1.165, 1.54) is 0 Å². The number of hydrogen-bond acceptors (Lipinski definition) is 3. The van der Waals surface area contributed by atoms with E-state index in [1.54, 1.807) is 0 Å². The Balaban J connectivity index is 1.66. The molecule has 1 aliphatic heterocycles. The third kappa shape index (κ3) is 6.42. The number of carbonyl (C=O) groups excluding carboxylic acids is 1. The molecule has 0 aromatic heterocycles. The van der Waals surface area contributed by atoms with Gasteiger partial charge in [0.25, 0.3) is 0 Å². The van der Waals surface area contributed by atoms with Gasteiger partial charge in [-0.2, -0.15) is 0 Å². The van der Waals surface area contributed by atoms with E-state index in [-0.39, 0.29) is 6.09 Å². The first-order valence-electron chi connectivity index (χ1n) is 8.20. The van der Waals surface area contributed by atoms with Crippen LogP contribution in [-0.4, -0.2) is 36.3 Å². The largest absolute Gasteiger partial charge is 0.494 e. The molecule has 5 heteroatoms. The van der Waals surface area contributed by atoms with Crippen molar-refractivity contribution in [1.29, 1.82) is 0 Å². The van der Waals surface area contributed by atoms with E-state index < -0.39 is 5.60 Å². The number of nitrogens with zero attached hydrogens (tertiary/aromatic N) is 1. The van der Waals surface area contributed by atoms with Crippen LogP contribution in [0.5, 0.6) is 5.75 Å². The van der Waals surface area contributed by atoms with Crippen LogP contribution >= 0.6 is 15.9 Å². The number of hydrogen-bond donors (Lipinski definition) is 0. The van der Waals surface area contributed by atoms with Crippen molar-refractivity contribution in [3.8, 4) is 5.75 Å². The molecule has 23 heavy (non-hydrogen) atoms. The van der Waals surface area contributed by atoms with Crippen LogP contribution in [0, 0.1) is 5.92 Å². The van der Waals surface area contributed by atoms with Gasteiger partial charge >= 0.3 is 6.09 Å². The van der Waals surface area contributed by atoms with Crippen molar-refractivity contribution in [3.63, 3.8) is 0 Å². The molecule has 1 saturated heterocycles. The van der Waals surface area contributed by atoms with E-state index in [1.807, 2.05) is 49.9 Å². The van der Waals surface area contributed by atoms with Crippen molar-refractivity contribution in [2.24, 2.45) is 5.92 Å². The summed E-state index contributed by atoms with van der Waals surface area (Å²) in [6.45, 7) is 7.97. The Morgan fingerprint density at radius 3 is 2.39 bits per heavy atom. The smallest absolute Gasteiger partial charge is 0.410 e. The number of halogens is 1. The van der Waals surface area contributed by atoms with Crippen LogP contribution < -0.4 is 4.74 Å². The second-order valence-electron chi connectivity index (χ2n) is 7.00. The van der Waals surface area contributed by atoms with E-state index in [0.717, 1.165) is 49.2 Å². The molecule has 1 aromatic rings. The van der Waals surface area contributed by atoms with Crippen molar-refractivity contribution in [3.05, 3.63) is 28.7 Å². The maximum Gasteiger partial charge on any atom is 0.410 e. The Hall–Kier alpha value is -1.23. The first-order chi connectivity index (χ1) is 10.8. The molecule has 1 aromatic carbocycles. The predicted octanol–water partition coefficient (Wildman–Crippen LogP) is 4.87. The fourth-order valence-electron chi connectivity index (χ4n) is 2.60. The van der Waals surface area contributed by atoms with Crippen molar-refractivity contribution in [2.75, 3.05) is 19.7 Å². The third-order valence-corrected chi connectivity index (χ3v) is 4.40. The van der Waals surface area contributed by atoms with Crippen molar-refractivity contribution >= 4 is 22.0 Å². The maximum absolute atomic E-state index is 12.0. The fourth-order valence-corrected chi connectivity index (χ4v) is 2.87. The highest BCUT2D eigenvalue weighted by Gasteiger charge is 2.26. The summed E-state index contributed by atoms with van der Waals surface area (Å²) in [7, 11) is 0. The highest BCUT2D eigenvalue weighted by atomic mass is 79.9.